The molecule has 1 atom stereocenters. The molecular formula is C12H22N4O3. The monoisotopic (exact) mass is 270 g/mol. The molecule has 0 aliphatic carbocycles. The Bertz CT molecular complexity index is 396. The van der Waals surface area contributed by atoms with E-state index in [-0.39, 0.29) is 37.4 Å². The number of nitrogens with two attached hydrogens (primary N) is 1. The van der Waals surface area contributed by atoms with Gasteiger partial charge in [-0.25, -0.2) is 4.79 Å². The number of likely N-dealkylation sites (N-methyl/N-ethyl adjacent to an activating group) is 1. The summed E-state index contributed by atoms with van der Waals surface area (Å²) >= 11 is 0. The number of imide groups is 1. The highest BCUT2D eigenvalue weighted by molar-refractivity contribution is 6.04. The van der Waals surface area contributed by atoms with Crippen LogP contribution in [0.25, 0.3) is 0 Å². The van der Waals surface area contributed by atoms with Crippen molar-refractivity contribution < 1.29 is 14.4 Å². The predicted molar refractivity (Wildman–Crippen MR) is 70.2 cm³/mol. The Morgan fingerprint density at radius 3 is 2.42 bits per heavy atom. The van der Waals surface area contributed by atoms with E-state index in [0.29, 0.717) is 0 Å². The molecule has 1 heterocycles. The van der Waals surface area contributed by atoms with Crippen LogP contribution in [-0.2, 0) is 9.59 Å². The van der Waals surface area contributed by atoms with E-state index in [9.17, 15) is 14.4 Å². The Balaban J connectivity index is 2.66. The molecule has 0 saturated carbocycles. The van der Waals surface area contributed by atoms with Crippen molar-refractivity contribution in [2.45, 2.75) is 26.3 Å². The first-order chi connectivity index (χ1) is 8.71. The molecule has 1 rings (SSSR count). The van der Waals surface area contributed by atoms with Gasteiger partial charge >= 0.3 is 6.03 Å². The maximum atomic E-state index is 11.9. The van der Waals surface area contributed by atoms with Crippen LogP contribution < -0.4 is 11.1 Å². The highest BCUT2D eigenvalue weighted by Gasteiger charge is 2.36. The Morgan fingerprint density at radius 2 is 2.05 bits per heavy atom. The van der Waals surface area contributed by atoms with Crippen molar-refractivity contribution in [1.82, 2.24) is 15.1 Å². The number of carbonyl (C=O) groups is 3. The first-order valence-corrected chi connectivity index (χ1v) is 6.28. The third-order valence-electron chi connectivity index (χ3n) is 3.66. The lowest BCUT2D eigenvalue weighted by Crippen LogP contribution is -2.57. The van der Waals surface area contributed by atoms with E-state index < -0.39 is 11.6 Å². The van der Waals surface area contributed by atoms with Crippen LogP contribution in [0.1, 0.15) is 20.8 Å². The van der Waals surface area contributed by atoms with E-state index >= 15 is 0 Å². The fraction of sp³-hybridized carbons (Fsp3) is 0.750. The van der Waals surface area contributed by atoms with Gasteiger partial charge in [0.2, 0.25) is 5.91 Å². The number of hydrogen-bond donors (Lipinski definition) is 2. The maximum Gasteiger partial charge on any atom is 0.327 e. The van der Waals surface area contributed by atoms with Crippen molar-refractivity contribution in [2.24, 2.45) is 11.7 Å². The van der Waals surface area contributed by atoms with Crippen LogP contribution in [0.15, 0.2) is 0 Å². The third kappa shape index (κ3) is 3.23. The summed E-state index contributed by atoms with van der Waals surface area (Å²) < 4.78 is 0. The molecule has 108 valence electrons. The Morgan fingerprint density at radius 1 is 1.47 bits per heavy atom. The highest BCUT2D eigenvalue weighted by Crippen LogP contribution is 2.15. The second-order valence-electron chi connectivity index (χ2n) is 5.44. The average Bonchev–Trinajstić information content (AvgIpc) is 2.55. The molecule has 1 saturated heterocycles. The summed E-state index contributed by atoms with van der Waals surface area (Å²) in [5, 5.41) is 2.80. The van der Waals surface area contributed by atoms with Gasteiger partial charge in [0.15, 0.2) is 0 Å². The lowest BCUT2D eigenvalue weighted by atomic mass is 9.88. The van der Waals surface area contributed by atoms with Crippen LogP contribution >= 0.6 is 0 Å². The number of urea groups is 1. The molecule has 0 aromatic heterocycles. The smallest absolute Gasteiger partial charge is 0.327 e. The average molecular weight is 270 g/mol. The van der Waals surface area contributed by atoms with Crippen molar-refractivity contribution in [3.8, 4) is 0 Å². The van der Waals surface area contributed by atoms with Gasteiger partial charge in [0.1, 0.15) is 13.1 Å². The molecule has 0 bridgehead atoms. The van der Waals surface area contributed by atoms with E-state index in [2.05, 4.69) is 5.32 Å². The van der Waals surface area contributed by atoms with Gasteiger partial charge in [-0.15, -0.1) is 0 Å². The Kier molecular flexibility index (Phi) is 4.52. The fourth-order valence-electron chi connectivity index (χ4n) is 1.76. The zero-order chi connectivity index (χ0) is 14.8. The Labute approximate surface area is 113 Å². The zero-order valence-electron chi connectivity index (χ0n) is 11.9. The van der Waals surface area contributed by atoms with E-state index in [0.717, 1.165) is 4.90 Å². The van der Waals surface area contributed by atoms with Gasteiger partial charge in [0, 0.05) is 13.6 Å². The van der Waals surface area contributed by atoms with Crippen LogP contribution in [0.2, 0.25) is 0 Å². The number of nitrogens with zero attached hydrogens (tertiary/aromatic N) is 2. The first kappa shape index (κ1) is 15.4. The molecule has 1 unspecified atom stereocenters. The van der Waals surface area contributed by atoms with Gasteiger partial charge in [0.05, 0.1) is 5.54 Å². The van der Waals surface area contributed by atoms with Gasteiger partial charge in [-0.1, -0.05) is 13.8 Å². The van der Waals surface area contributed by atoms with Crippen molar-refractivity contribution in [2.75, 3.05) is 26.7 Å². The summed E-state index contributed by atoms with van der Waals surface area (Å²) in [5.74, 6) is -0.589. The topological polar surface area (TPSA) is 95.7 Å². The molecule has 0 aromatic carbocycles. The molecule has 7 heteroatoms. The number of carbonyl (C=O) groups excluding carboxylic acids is 3. The summed E-state index contributed by atoms with van der Waals surface area (Å²) in [6.45, 7) is 5.79. The van der Waals surface area contributed by atoms with Crippen molar-refractivity contribution >= 4 is 17.8 Å². The minimum Gasteiger partial charge on any atom is -0.348 e. The summed E-state index contributed by atoms with van der Waals surface area (Å²) in [6.07, 6.45) is 0. The summed E-state index contributed by atoms with van der Waals surface area (Å²) in [5.41, 5.74) is 5.12. The normalized spacial score (nSPS) is 19.1. The highest BCUT2D eigenvalue weighted by atomic mass is 16.2. The van der Waals surface area contributed by atoms with Gasteiger partial charge in [-0.2, -0.15) is 0 Å². The first-order valence-electron chi connectivity index (χ1n) is 6.28. The van der Waals surface area contributed by atoms with Crippen molar-refractivity contribution in [3.05, 3.63) is 0 Å². The second-order valence-corrected chi connectivity index (χ2v) is 5.44. The van der Waals surface area contributed by atoms with E-state index in [1.54, 1.807) is 0 Å². The number of rotatable bonds is 5. The maximum absolute atomic E-state index is 11.9. The lowest BCUT2D eigenvalue weighted by molar-refractivity contribution is -0.131. The number of nitrogens with one attached hydrogen (secondary N) is 1. The van der Waals surface area contributed by atoms with Crippen LogP contribution in [0.5, 0.6) is 0 Å². The van der Waals surface area contributed by atoms with Crippen molar-refractivity contribution in [3.63, 3.8) is 0 Å². The minimum atomic E-state index is -0.547. The molecule has 0 aromatic rings. The summed E-state index contributed by atoms with van der Waals surface area (Å²) in [4.78, 5) is 37.4. The van der Waals surface area contributed by atoms with E-state index in [1.807, 2.05) is 20.8 Å². The molecule has 0 spiro atoms. The van der Waals surface area contributed by atoms with Crippen molar-refractivity contribution in [1.29, 1.82) is 0 Å². The van der Waals surface area contributed by atoms with Gasteiger partial charge in [-0.3, -0.25) is 14.5 Å². The molecule has 19 heavy (non-hydrogen) atoms. The molecule has 1 aliphatic rings. The van der Waals surface area contributed by atoms with Gasteiger partial charge in [-0.05, 0) is 12.8 Å². The Hall–Kier alpha value is -1.63. The molecule has 1 aliphatic heterocycles. The molecule has 4 amide bonds. The lowest BCUT2D eigenvalue weighted by Gasteiger charge is -2.34. The number of hydrogen-bond acceptors (Lipinski definition) is 4. The van der Waals surface area contributed by atoms with Crippen LogP contribution in [0.3, 0.4) is 0 Å². The fourth-order valence-corrected chi connectivity index (χ4v) is 1.76. The molecule has 1 fully saturated rings. The third-order valence-corrected chi connectivity index (χ3v) is 3.66. The van der Waals surface area contributed by atoms with Gasteiger partial charge < -0.3 is 16.0 Å². The molecule has 0 radical (unpaired) electrons. The quantitative estimate of drug-likeness (QED) is 0.650. The second kappa shape index (κ2) is 5.56. The molecule has 7 nitrogen and oxygen atoms in total. The van der Waals surface area contributed by atoms with E-state index in [4.69, 9.17) is 5.73 Å². The zero-order valence-corrected chi connectivity index (χ0v) is 11.9. The summed E-state index contributed by atoms with van der Waals surface area (Å²) in [7, 11) is 1.52. The molecule has 3 N–H and O–H groups in total. The predicted octanol–water partition coefficient (Wildman–Crippen LogP) is -0.630. The SMILES string of the molecule is CC(C)C(C)(CN)NC(=O)CN1C(=O)CN(C)C1=O. The largest absolute Gasteiger partial charge is 0.348 e. The van der Waals surface area contributed by atoms with Crippen LogP contribution in [0.4, 0.5) is 4.79 Å². The van der Waals surface area contributed by atoms with Gasteiger partial charge in [0.25, 0.3) is 5.91 Å². The number of amides is 4. The van der Waals surface area contributed by atoms with E-state index in [1.165, 1.54) is 11.9 Å². The van der Waals surface area contributed by atoms with Crippen LogP contribution in [-0.4, -0.2) is 59.9 Å². The standard InChI is InChI=1S/C12H22N4O3/c1-8(2)12(3,7-13)14-9(17)5-16-10(18)6-15(4)11(16)19/h8H,5-7,13H2,1-4H3,(H,14,17). The summed E-state index contributed by atoms with van der Waals surface area (Å²) in [6, 6.07) is -0.445. The minimum absolute atomic E-state index is 0.0183. The molecular weight excluding hydrogens is 248 g/mol. The van der Waals surface area contributed by atoms with Crippen LogP contribution in [0, 0.1) is 5.92 Å².